The van der Waals surface area contributed by atoms with Crippen LogP contribution in [0, 0.1) is 5.82 Å². The maximum atomic E-state index is 13.0. The van der Waals surface area contributed by atoms with Crippen LogP contribution in [0.5, 0.6) is 11.5 Å². The van der Waals surface area contributed by atoms with E-state index in [2.05, 4.69) is 26.3 Å². The summed E-state index contributed by atoms with van der Waals surface area (Å²) in [6.07, 6.45) is 1.73. The van der Waals surface area contributed by atoms with Crippen LogP contribution in [-0.2, 0) is 6.54 Å². The second kappa shape index (κ2) is 8.22. The first-order valence-corrected chi connectivity index (χ1v) is 8.81. The Bertz CT molecular complexity index is 935. The number of carbonyl (C=O) groups excluding carboxylic acids is 1. The number of methoxy groups -OCH3 is 2. The lowest BCUT2D eigenvalue weighted by Crippen LogP contribution is -2.15. The zero-order chi connectivity index (χ0) is 19.4. The molecule has 1 aromatic heterocycles. The molecule has 1 N–H and O–H groups in total. The number of aromatic nitrogens is 2. The number of anilines is 1. The van der Waals surface area contributed by atoms with Gasteiger partial charge in [0.15, 0.2) is 5.82 Å². The fourth-order valence-corrected chi connectivity index (χ4v) is 3.00. The molecule has 0 saturated carbocycles. The van der Waals surface area contributed by atoms with Gasteiger partial charge in [0, 0.05) is 6.20 Å². The Morgan fingerprint density at radius 3 is 2.37 bits per heavy atom. The molecule has 0 atom stereocenters. The molecule has 2 aromatic carbocycles. The number of nitrogens with zero attached hydrogens (tertiary/aromatic N) is 2. The van der Waals surface area contributed by atoms with Gasteiger partial charge in [0.1, 0.15) is 22.9 Å². The average molecular weight is 434 g/mol. The van der Waals surface area contributed by atoms with Crippen molar-refractivity contribution in [2.24, 2.45) is 0 Å². The van der Waals surface area contributed by atoms with Gasteiger partial charge in [-0.15, -0.1) is 0 Å². The Labute approximate surface area is 164 Å². The molecule has 0 bridgehead atoms. The summed E-state index contributed by atoms with van der Waals surface area (Å²) in [5.74, 6) is 0.452. The zero-order valence-corrected chi connectivity index (χ0v) is 16.3. The molecule has 0 spiro atoms. The highest BCUT2D eigenvalue weighted by Gasteiger charge is 2.20. The van der Waals surface area contributed by atoms with Crippen LogP contribution in [0.25, 0.3) is 0 Å². The molecule has 0 radical (unpaired) electrons. The lowest BCUT2D eigenvalue weighted by molar-refractivity contribution is 0.102. The zero-order valence-electron chi connectivity index (χ0n) is 14.7. The summed E-state index contributed by atoms with van der Waals surface area (Å²) < 4.78 is 25.8. The van der Waals surface area contributed by atoms with Gasteiger partial charge in [-0.05, 0) is 45.8 Å². The number of amides is 1. The second-order valence-electron chi connectivity index (χ2n) is 5.64. The van der Waals surface area contributed by atoms with E-state index in [-0.39, 0.29) is 11.4 Å². The third-order valence-electron chi connectivity index (χ3n) is 3.86. The Balaban J connectivity index is 1.81. The van der Waals surface area contributed by atoms with E-state index in [0.29, 0.717) is 28.3 Å². The number of hydrogen-bond donors (Lipinski definition) is 1. The monoisotopic (exact) mass is 433 g/mol. The molecule has 1 heterocycles. The van der Waals surface area contributed by atoms with Crippen LogP contribution in [-0.4, -0.2) is 29.9 Å². The molecule has 0 fully saturated rings. The molecule has 0 unspecified atom stereocenters. The van der Waals surface area contributed by atoms with E-state index in [9.17, 15) is 9.18 Å². The summed E-state index contributed by atoms with van der Waals surface area (Å²) in [7, 11) is 2.97. The van der Waals surface area contributed by atoms with Crippen LogP contribution < -0.4 is 14.8 Å². The van der Waals surface area contributed by atoms with Crippen LogP contribution in [0.3, 0.4) is 0 Å². The van der Waals surface area contributed by atoms with E-state index in [1.54, 1.807) is 41.2 Å². The van der Waals surface area contributed by atoms with Crippen molar-refractivity contribution in [1.82, 2.24) is 9.78 Å². The molecule has 0 aliphatic heterocycles. The number of benzene rings is 2. The molecule has 27 heavy (non-hydrogen) atoms. The van der Waals surface area contributed by atoms with Crippen LogP contribution >= 0.6 is 15.9 Å². The quantitative estimate of drug-likeness (QED) is 0.635. The number of nitrogens with one attached hydrogen (secondary N) is 1. The number of rotatable bonds is 6. The van der Waals surface area contributed by atoms with Gasteiger partial charge in [-0.3, -0.25) is 9.48 Å². The topological polar surface area (TPSA) is 65.4 Å². The summed E-state index contributed by atoms with van der Waals surface area (Å²) in [6, 6.07) is 11.3. The number of hydrogen-bond acceptors (Lipinski definition) is 4. The van der Waals surface area contributed by atoms with Crippen molar-refractivity contribution in [3.63, 3.8) is 0 Å². The van der Waals surface area contributed by atoms with Crippen LogP contribution in [0.15, 0.2) is 53.1 Å². The fraction of sp³-hybridized carbons (Fsp3) is 0.158. The number of halogens is 2. The maximum absolute atomic E-state index is 13.0. The molecule has 8 heteroatoms. The summed E-state index contributed by atoms with van der Waals surface area (Å²) in [4.78, 5) is 12.7. The van der Waals surface area contributed by atoms with Crippen molar-refractivity contribution in [1.29, 1.82) is 0 Å². The first-order valence-electron chi connectivity index (χ1n) is 8.01. The van der Waals surface area contributed by atoms with E-state index in [4.69, 9.17) is 9.47 Å². The molecular formula is C19H17BrFN3O3. The SMILES string of the molecule is COc1cccc(OC)c1C(=O)Nc1nn(Cc2ccc(F)cc2)cc1Br. The van der Waals surface area contributed by atoms with Gasteiger partial charge in [-0.2, -0.15) is 5.10 Å². The Morgan fingerprint density at radius 1 is 1.15 bits per heavy atom. The summed E-state index contributed by atoms with van der Waals surface area (Å²) in [5.41, 5.74) is 1.16. The maximum Gasteiger partial charge on any atom is 0.264 e. The first-order chi connectivity index (χ1) is 13.0. The standard InChI is InChI=1S/C19H17BrFN3O3/c1-26-15-4-3-5-16(27-2)17(15)19(25)22-18-14(20)11-24(23-18)10-12-6-8-13(21)9-7-12/h3-9,11H,10H2,1-2H3,(H,22,23,25). The average Bonchev–Trinajstić information content (AvgIpc) is 3.01. The van der Waals surface area contributed by atoms with Gasteiger partial charge in [0.2, 0.25) is 0 Å². The van der Waals surface area contributed by atoms with Crippen LogP contribution in [0.1, 0.15) is 15.9 Å². The van der Waals surface area contributed by atoms with E-state index >= 15 is 0 Å². The molecule has 0 aliphatic carbocycles. The molecule has 1 amide bonds. The van der Waals surface area contributed by atoms with Crippen molar-refractivity contribution < 1.29 is 18.7 Å². The second-order valence-corrected chi connectivity index (χ2v) is 6.50. The predicted octanol–water partition coefficient (Wildman–Crippen LogP) is 4.10. The number of ether oxygens (including phenoxy) is 2. The largest absolute Gasteiger partial charge is 0.496 e. The van der Waals surface area contributed by atoms with Crippen molar-refractivity contribution in [2.45, 2.75) is 6.54 Å². The number of carbonyl (C=O) groups is 1. The summed E-state index contributed by atoms with van der Waals surface area (Å²) in [5, 5.41) is 7.12. The van der Waals surface area contributed by atoms with E-state index in [0.717, 1.165) is 5.56 Å². The van der Waals surface area contributed by atoms with Gasteiger partial charge in [0.25, 0.3) is 5.91 Å². The molecule has 0 saturated heterocycles. The van der Waals surface area contributed by atoms with Gasteiger partial charge >= 0.3 is 0 Å². The van der Waals surface area contributed by atoms with E-state index in [1.807, 2.05) is 0 Å². The molecule has 0 aliphatic rings. The smallest absolute Gasteiger partial charge is 0.264 e. The normalized spacial score (nSPS) is 10.5. The minimum absolute atomic E-state index is 0.280. The van der Waals surface area contributed by atoms with Gasteiger partial charge in [0.05, 0.1) is 25.2 Å². The lowest BCUT2D eigenvalue weighted by Gasteiger charge is -2.12. The summed E-state index contributed by atoms with van der Waals surface area (Å²) >= 11 is 3.39. The van der Waals surface area contributed by atoms with Crippen LogP contribution in [0.4, 0.5) is 10.2 Å². The van der Waals surface area contributed by atoms with Gasteiger partial charge in [-0.25, -0.2) is 4.39 Å². The molecule has 3 rings (SSSR count). The third kappa shape index (κ3) is 4.28. The Kier molecular flexibility index (Phi) is 5.75. The Hall–Kier alpha value is -2.87. The van der Waals surface area contributed by atoms with Crippen molar-refractivity contribution in [3.8, 4) is 11.5 Å². The summed E-state index contributed by atoms with van der Waals surface area (Å²) in [6.45, 7) is 0.437. The van der Waals surface area contributed by atoms with Crippen LogP contribution in [0.2, 0.25) is 0 Å². The highest BCUT2D eigenvalue weighted by atomic mass is 79.9. The first kappa shape index (κ1) is 18.9. The van der Waals surface area contributed by atoms with Gasteiger partial charge < -0.3 is 14.8 Å². The van der Waals surface area contributed by atoms with Gasteiger partial charge in [-0.1, -0.05) is 18.2 Å². The highest BCUT2D eigenvalue weighted by molar-refractivity contribution is 9.10. The highest BCUT2D eigenvalue weighted by Crippen LogP contribution is 2.30. The molecular weight excluding hydrogens is 417 g/mol. The van der Waals surface area contributed by atoms with Crippen molar-refractivity contribution in [2.75, 3.05) is 19.5 Å². The molecule has 140 valence electrons. The minimum atomic E-state index is -0.406. The predicted molar refractivity (Wildman–Crippen MR) is 103 cm³/mol. The lowest BCUT2D eigenvalue weighted by atomic mass is 10.1. The van der Waals surface area contributed by atoms with Crippen molar-refractivity contribution in [3.05, 3.63) is 70.1 Å². The fourth-order valence-electron chi connectivity index (χ4n) is 2.58. The minimum Gasteiger partial charge on any atom is -0.496 e. The molecule has 3 aromatic rings. The van der Waals surface area contributed by atoms with E-state index in [1.165, 1.54) is 26.4 Å². The molecule has 6 nitrogen and oxygen atoms in total. The van der Waals surface area contributed by atoms with Crippen molar-refractivity contribution >= 4 is 27.7 Å². The van der Waals surface area contributed by atoms with E-state index < -0.39 is 5.91 Å². The Morgan fingerprint density at radius 2 is 1.78 bits per heavy atom. The third-order valence-corrected chi connectivity index (χ3v) is 4.44.